The van der Waals surface area contributed by atoms with Crippen molar-refractivity contribution < 1.29 is 22.7 Å². The summed E-state index contributed by atoms with van der Waals surface area (Å²) in [6, 6.07) is 11.6. The van der Waals surface area contributed by atoms with Crippen molar-refractivity contribution in [1.29, 1.82) is 0 Å². The average Bonchev–Trinajstić information content (AvgIpc) is 2.88. The number of nitrogens with zero attached hydrogens (tertiary/aromatic N) is 2. The Morgan fingerprint density at radius 3 is 2.62 bits per heavy atom. The van der Waals surface area contributed by atoms with Gasteiger partial charge in [0.1, 0.15) is 5.82 Å². The SMILES string of the molecule is CC(C)C1CN(c2ccc(-c3cnc(N)c(-c4ccc5c(c4)CCNC5=O)c3)cc2C(F)(F)F)CCO1. The van der Waals surface area contributed by atoms with Crippen LogP contribution in [-0.2, 0) is 17.3 Å². The highest BCUT2D eigenvalue weighted by Crippen LogP contribution is 2.41. The number of nitrogen functional groups attached to an aromatic ring is 1. The summed E-state index contributed by atoms with van der Waals surface area (Å²) in [4.78, 5) is 18.1. The van der Waals surface area contributed by atoms with Crippen molar-refractivity contribution in [2.75, 3.05) is 36.9 Å². The summed E-state index contributed by atoms with van der Waals surface area (Å²) in [6.07, 6.45) is -2.47. The number of nitrogens with one attached hydrogen (secondary N) is 1. The molecule has 2 aliphatic rings. The van der Waals surface area contributed by atoms with E-state index in [1.807, 2.05) is 19.9 Å². The number of pyridine rings is 1. The van der Waals surface area contributed by atoms with Crippen molar-refractivity contribution in [2.24, 2.45) is 5.92 Å². The molecule has 0 spiro atoms. The standard InChI is InChI=1S/C28H29F3N4O2/c1-16(2)25-15-35(9-10-37-25)24-6-4-17(13-23(24)28(29,30)31)20-12-22(26(32)34-14-20)18-3-5-21-19(11-18)7-8-33-27(21)36/h3-6,11-14,16,25H,7-10,15H2,1-2H3,(H2,32,34)(H,33,36). The third kappa shape index (κ3) is 5.00. The summed E-state index contributed by atoms with van der Waals surface area (Å²) in [5, 5.41) is 2.81. The molecule has 1 fully saturated rings. The van der Waals surface area contributed by atoms with Gasteiger partial charge in [0.25, 0.3) is 5.91 Å². The van der Waals surface area contributed by atoms with E-state index < -0.39 is 11.7 Å². The van der Waals surface area contributed by atoms with Crippen LogP contribution < -0.4 is 16.0 Å². The van der Waals surface area contributed by atoms with Gasteiger partial charge in [-0.3, -0.25) is 4.79 Å². The molecule has 2 aliphatic heterocycles. The van der Waals surface area contributed by atoms with E-state index in [2.05, 4.69) is 10.3 Å². The van der Waals surface area contributed by atoms with Gasteiger partial charge in [0.15, 0.2) is 0 Å². The summed E-state index contributed by atoms with van der Waals surface area (Å²) in [5.74, 6) is 0.353. The van der Waals surface area contributed by atoms with E-state index in [9.17, 15) is 18.0 Å². The third-order valence-electron chi connectivity index (χ3n) is 7.07. The molecular weight excluding hydrogens is 481 g/mol. The fraction of sp³-hybridized carbons (Fsp3) is 0.357. The Morgan fingerprint density at radius 1 is 1.08 bits per heavy atom. The quantitative estimate of drug-likeness (QED) is 0.507. The van der Waals surface area contributed by atoms with Crippen molar-refractivity contribution in [3.05, 3.63) is 65.4 Å². The number of halogens is 3. The molecule has 0 saturated carbocycles. The van der Waals surface area contributed by atoms with E-state index in [4.69, 9.17) is 10.5 Å². The topological polar surface area (TPSA) is 80.5 Å². The third-order valence-corrected chi connectivity index (χ3v) is 7.07. The molecule has 2 aromatic carbocycles. The summed E-state index contributed by atoms with van der Waals surface area (Å²) >= 11 is 0. The Morgan fingerprint density at radius 2 is 1.86 bits per heavy atom. The van der Waals surface area contributed by atoms with Crippen molar-refractivity contribution >= 4 is 17.4 Å². The first-order valence-corrected chi connectivity index (χ1v) is 12.4. The summed E-state index contributed by atoms with van der Waals surface area (Å²) in [6.45, 7) is 5.75. The molecule has 5 rings (SSSR count). The van der Waals surface area contributed by atoms with Crippen LogP contribution in [0.2, 0.25) is 0 Å². The lowest BCUT2D eigenvalue weighted by atomic mass is 9.93. The Kier molecular flexibility index (Phi) is 6.58. The van der Waals surface area contributed by atoms with Crippen LogP contribution in [0, 0.1) is 5.92 Å². The minimum atomic E-state index is -4.53. The van der Waals surface area contributed by atoms with Gasteiger partial charge in [-0.05, 0) is 53.3 Å². The summed E-state index contributed by atoms with van der Waals surface area (Å²) in [5.41, 5.74) is 9.46. The Hall–Kier alpha value is -3.59. The van der Waals surface area contributed by atoms with Gasteiger partial charge >= 0.3 is 6.18 Å². The number of alkyl halides is 3. The minimum absolute atomic E-state index is 0.118. The van der Waals surface area contributed by atoms with Gasteiger partial charge in [-0.2, -0.15) is 13.2 Å². The molecule has 1 unspecified atom stereocenters. The fourth-order valence-corrected chi connectivity index (χ4v) is 4.98. The number of amides is 1. The molecule has 9 heteroatoms. The van der Waals surface area contributed by atoms with Gasteiger partial charge in [0.2, 0.25) is 0 Å². The fourth-order valence-electron chi connectivity index (χ4n) is 4.98. The maximum Gasteiger partial charge on any atom is 0.418 e. The largest absolute Gasteiger partial charge is 0.418 e. The van der Waals surface area contributed by atoms with Crippen LogP contribution in [0.4, 0.5) is 24.7 Å². The van der Waals surface area contributed by atoms with Crippen LogP contribution in [0.5, 0.6) is 0 Å². The Bertz CT molecular complexity index is 1340. The maximum atomic E-state index is 14.2. The number of anilines is 2. The Labute approximate surface area is 213 Å². The zero-order valence-electron chi connectivity index (χ0n) is 20.7. The zero-order chi connectivity index (χ0) is 26.3. The van der Waals surface area contributed by atoms with Gasteiger partial charge in [-0.25, -0.2) is 4.98 Å². The molecule has 1 atom stereocenters. The molecule has 3 N–H and O–H groups in total. The van der Waals surface area contributed by atoms with Gasteiger partial charge in [0.05, 0.1) is 18.3 Å². The molecule has 3 aromatic rings. The summed E-state index contributed by atoms with van der Waals surface area (Å²) in [7, 11) is 0. The van der Waals surface area contributed by atoms with Crippen molar-refractivity contribution in [3.63, 3.8) is 0 Å². The predicted molar refractivity (Wildman–Crippen MR) is 137 cm³/mol. The number of morpholine rings is 1. The molecule has 0 aliphatic carbocycles. The first-order chi connectivity index (χ1) is 17.6. The van der Waals surface area contributed by atoms with Crippen molar-refractivity contribution in [1.82, 2.24) is 10.3 Å². The normalized spacial score (nSPS) is 18.1. The van der Waals surface area contributed by atoms with E-state index in [0.29, 0.717) is 54.9 Å². The second kappa shape index (κ2) is 9.70. The smallest absolute Gasteiger partial charge is 0.383 e. The monoisotopic (exact) mass is 510 g/mol. The molecule has 1 amide bonds. The first kappa shape index (κ1) is 25.1. The van der Waals surface area contributed by atoms with E-state index in [0.717, 1.165) is 11.1 Å². The van der Waals surface area contributed by atoms with E-state index in [-0.39, 0.29) is 29.4 Å². The molecule has 6 nitrogen and oxygen atoms in total. The highest BCUT2D eigenvalue weighted by atomic mass is 19.4. The Balaban J connectivity index is 1.52. The zero-order valence-corrected chi connectivity index (χ0v) is 20.7. The number of carbonyl (C=O) groups excluding carboxylic acids is 1. The van der Waals surface area contributed by atoms with Crippen LogP contribution in [0.25, 0.3) is 22.3 Å². The lowest BCUT2D eigenvalue weighted by molar-refractivity contribution is -0.137. The molecule has 3 heterocycles. The number of hydrogen-bond acceptors (Lipinski definition) is 5. The van der Waals surface area contributed by atoms with Crippen LogP contribution >= 0.6 is 0 Å². The van der Waals surface area contributed by atoms with E-state index in [1.54, 1.807) is 29.2 Å². The number of fused-ring (bicyclic) bond motifs is 1. The molecule has 0 radical (unpaired) electrons. The number of rotatable bonds is 4. The molecule has 1 saturated heterocycles. The van der Waals surface area contributed by atoms with Crippen LogP contribution in [0.1, 0.15) is 35.3 Å². The van der Waals surface area contributed by atoms with Crippen molar-refractivity contribution in [2.45, 2.75) is 32.5 Å². The lowest BCUT2D eigenvalue weighted by Gasteiger charge is -2.37. The van der Waals surface area contributed by atoms with Crippen LogP contribution in [0.3, 0.4) is 0 Å². The highest BCUT2D eigenvalue weighted by molar-refractivity contribution is 5.97. The van der Waals surface area contributed by atoms with Gasteiger partial charge < -0.3 is 20.7 Å². The number of aromatic nitrogens is 1. The minimum Gasteiger partial charge on any atom is -0.383 e. The van der Waals surface area contributed by atoms with E-state index in [1.165, 1.54) is 18.3 Å². The summed E-state index contributed by atoms with van der Waals surface area (Å²) < 4.78 is 48.4. The molecule has 1 aromatic heterocycles. The maximum absolute atomic E-state index is 14.2. The highest BCUT2D eigenvalue weighted by Gasteiger charge is 2.36. The number of hydrogen-bond donors (Lipinski definition) is 2. The number of ether oxygens (including phenoxy) is 1. The predicted octanol–water partition coefficient (Wildman–Crippen LogP) is 5.16. The van der Waals surface area contributed by atoms with Gasteiger partial charge in [-0.15, -0.1) is 0 Å². The second-order valence-corrected chi connectivity index (χ2v) is 9.86. The first-order valence-electron chi connectivity index (χ1n) is 12.4. The molecule has 194 valence electrons. The van der Waals surface area contributed by atoms with Gasteiger partial charge in [-0.1, -0.05) is 32.0 Å². The number of nitrogens with two attached hydrogens (primary N) is 1. The molecular formula is C28H29F3N4O2. The second-order valence-electron chi connectivity index (χ2n) is 9.86. The van der Waals surface area contributed by atoms with Crippen molar-refractivity contribution in [3.8, 4) is 22.3 Å². The lowest BCUT2D eigenvalue weighted by Crippen LogP contribution is -2.45. The van der Waals surface area contributed by atoms with E-state index >= 15 is 0 Å². The number of benzene rings is 2. The van der Waals surface area contributed by atoms with Gasteiger partial charge in [0, 0.05) is 48.2 Å². The van der Waals surface area contributed by atoms with Crippen LogP contribution in [0.15, 0.2) is 48.7 Å². The molecule has 37 heavy (non-hydrogen) atoms. The molecule has 0 bridgehead atoms. The van der Waals surface area contributed by atoms with Crippen LogP contribution in [-0.4, -0.2) is 43.2 Å². The average molecular weight is 511 g/mol. The number of carbonyl (C=O) groups is 1.